The summed E-state index contributed by atoms with van der Waals surface area (Å²) in [4.78, 5) is 0. The molecule has 0 saturated carbocycles. The molecule has 0 aromatic carbocycles. The highest BCUT2D eigenvalue weighted by atomic mass is 16.3. The Balaban J connectivity index is 4.02. The fourth-order valence-corrected chi connectivity index (χ4v) is 3.08. The maximum Gasteiger partial charge on any atom is 0.0673 e. The van der Waals surface area contributed by atoms with Crippen molar-refractivity contribution in [3.8, 4) is 0 Å². The van der Waals surface area contributed by atoms with Crippen LogP contribution in [0.3, 0.4) is 0 Å². The zero-order valence-electron chi connectivity index (χ0n) is 14.7. The first-order valence-electron chi connectivity index (χ1n) is 9.33. The van der Waals surface area contributed by atoms with E-state index in [1.807, 2.05) is 0 Å². The molecule has 1 N–H and O–H groups in total. The summed E-state index contributed by atoms with van der Waals surface area (Å²) in [6.45, 7) is 8.98. The SMILES string of the molecule is CCCCCCCCC(C)C(O)(CCCC)CCCC. The fourth-order valence-electron chi connectivity index (χ4n) is 3.08. The number of rotatable bonds is 14. The molecule has 0 rings (SSSR count). The summed E-state index contributed by atoms with van der Waals surface area (Å²) in [6, 6.07) is 0. The molecule has 0 aliphatic heterocycles. The molecular formula is C19H40O. The average Bonchev–Trinajstić information content (AvgIpc) is 2.46. The fraction of sp³-hybridized carbons (Fsp3) is 1.00. The minimum atomic E-state index is -0.393. The first-order valence-corrected chi connectivity index (χ1v) is 9.33. The van der Waals surface area contributed by atoms with Crippen LogP contribution in [-0.2, 0) is 0 Å². The Hall–Kier alpha value is -0.0400. The molecule has 0 heterocycles. The first kappa shape index (κ1) is 20.0. The summed E-state index contributed by atoms with van der Waals surface area (Å²) in [5, 5.41) is 11.0. The Morgan fingerprint density at radius 3 is 1.65 bits per heavy atom. The van der Waals surface area contributed by atoms with Crippen molar-refractivity contribution in [2.75, 3.05) is 0 Å². The van der Waals surface area contributed by atoms with Crippen LogP contribution in [0.1, 0.15) is 111 Å². The third-order valence-electron chi connectivity index (χ3n) is 4.83. The molecule has 0 aliphatic rings. The standard InChI is InChI=1S/C19H40O/c1-5-8-11-12-13-14-15-18(4)19(20,16-9-6-2)17-10-7-3/h18,20H,5-17H2,1-4H3. The Morgan fingerprint density at radius 2 is 1.15 bits per heavy atom. The van der Waals surface area contributed by atoms with Gasteiger partial charge >= 0.3 is 0 Å². The van der Waals surface area contributed by atoms with Gasteiger partial charge in [-0.2, -0.15) is 0 Å². The van der Waals surface area contributed by atoms with Gasteiger partial charge in [0, 0.05) is 0 Å². The molecule has 0 amide bonds. The molecule has 1 heteroatoms. The maximum absolute atomic E-state index is 11.0. The van der Waals surface area contributed by atoms with Crippen molar-refractivity contribution >= 4 is 0 Å². The van der Waals surface area contributed by atoms with Gasteiger partial charge in [0.15, 0.2) is 0 Å². The van der Waals surface area contributed by atoms with Crippen molar-refractivity contribution < 1.29 is 5.11 Å². The molecule has 0 aromatic heterocycles. The van der Waals surface area contributed by atoms with E-state index in [0.717, 1.165) is 12.8 Å². The zero-order chi connectivity index (χ0) is 15.3. The van der Waals surface area contributed by atoms with Crippen molar-refractivity contribution in [3.05, 3.63) is 0 Å². The van der Waals surface area contributed by atoms with Gasteiger partial charge < -0.3 is 5.11 Å². The largest absolute Gasteiger partial charge is 0.390 e. The Morgan fingerprint density at radius 1 is 0.700 bits per heavy atom. The summed E-state index contributed by atoms with van der Waals surface area (Å²) in [7, 11) is 0. The highest BCUT2D eigenvalue weighted by Gasteiger charge is 2.31. The van der Waals surface area contributed by atoms with Crippen molar-refractivity contribution in [1.82, 2.24) is 0 Å². The van der Waals surface area contributed by atoms with Crippen LogP contribution in [0.25, 0.3) is 0 Å². The Bertz CT molecular complexity index is 192. The number of hydrogen-bond donors (Lipinski definition) is 1. The quantitative estimate of drug-likeness (QED) is 0.362. The van der Waals surface area contributed by atoms with Crippen LogP contribution in [0, 0.1) is 5.92 Å². The number of hydrogen-bond acceptors (Lipinski definition) is 1. The molecule has 122 valence electrons. The van der Waals surface area contributed by atoms with E-state index in [9.17, 15) is 5.11 Å². The Kier molecular flexibility index (Phi) is 12.7. The topological polar surface area (TPSA) is 20.2 Å². The zero-order valence-corrected chi connectivity index (χ0v) is 14.7. The van der Waals surface area contributed by atoms with Crippen LogP contribution in [0.15, 0.2) is 0 Å². The van der Waals surface area contributed by atoms with Gasteiger partial charge in [-0.25, -0.2) is 0 Å². The summed E-state index contributed by atoms with van der Waals surface area (Å²) in [5.41, 5.74) is -0.393. The van der Waals surface area contributed by atoms with E-state index < -0.39 is 5.60 Å². The van der Waals surface area contributed by atoms with Crippen LogP contribution in [0.4, 0.5) is 0 Å². The molecule has 0 aromatic rings. The monoisotopic (exact) mass is 284 g/mol. The van der Waals surface area contributed by atoms with Crippen molar-refractivity contribution in [1.29, 1.82) is 0 Å². The maximum atomic E-state index is 11.0. The van der Waals surface area contributed by atoms with Crippen LogP contribution in [0.5, 0.6) is 0 Å². The highest BCUT2D eigenvalue weighted by Crippen LogP contribution is 2.32. The molecule has 0 saturated heterocycles. The molecule has 0 spiro atoms. The van der Waals surface area contributed by atoms with Gasteiger partial charge in [0.05, 0.1) is 5.60 Å². The minimum absolute atomic E-state index is 0.393. The van der Waals surface area contributed by atoms with Gasteiger partial charge in [0.2, 0.25) is 0 Å². The molecule has 0 bridgehead atoms. The summed E-state index contributed by atoms with van der Waals surface area (Å²) >= 11 is 0. The molecule has 1 atom stereocenters. The predicted molar refractivity (Wildman–Crippen MR) is 91.2 cm³/mol. The van der Waals surface area contributed by atoms with E-state index in [2.05, 4.69) is 27.7 Å². The second kappa shape index (κ2) is 12.7. The lowest BCUT2D eigenvalue weighted by Crippen LogP contribution is -2.36. The van der Waals surface area contributed by atoms with Gasteiger partial charge in [-0.3, -0.25) is 0 Å². The Labute approximate surface area is 128 Å². The van der Waals surface area contributed by atoms with Crippen molar-refractivity contribution in [3.63, 3.8) is 0 Å². The van der Waals surface area contributed by atoms with E-state index >= 15 is 0 Å². The highest BCUT2D eigenvalue weighted by molar-refractivity contribution is 4.84. The predicted octanol–water partition coefficient (Wildman–Crippen LogP) is 6.48. The average molecular weight is 285 g/mol. The molecular weight excluding hydrogens is 244 g/mol. The van der Waals surface area contributed by atoms with Gasteiger partial charge in [-0.1, -0.05) is 91.9 Å². The van der Waals surface area contributed by atoms with Crippen LogP contribution in [0.2, 0.25) is 0 Å². The van der Waals surface area contributed by atoms with E-state index in [-0.39, 0.29) is 0 Å². The molecule has 0 radical (unpaired) electrons. The second-order valence-electron chi connectivity index (χ2n) is 6.77. The summed E-state index contributed by atoms with van der Waals surface area (Å²) in [6.07, 6.45) is 16.0. The van der Waals surface area contributed by atoms with Crippen molar-refractivity contribution in [2.24, 2.45) is 5.92 Å². The lowest BCUT2D eigenvalue weighted by Gasteiger charge is -2.35. The molecule has 0 fully saturated rings. The molecule has 1 unspecified atom stereocenters. The van der Waals surface area contributed by atoms with Gasteiger partial charge in [0.1, 0.15) is 0 Å². The van der Waals surface area contributed by atoms with E-state index in [4.69, 9.17) is 0 Å². The minimum Gasteiger partial charge on any atom is -0.390 e. The van der Waals surface area contributed by atoms with Gasteiger partial charge in [-0.05, 0) is 25.2 Å². The van der Waals surface area contributed by atoms with Gasteiger partial charge in [0.25, 0.3) is 0 Å². The van der Waals surface area contributed by atoms with Gasteiger partial charge in [-0.15, -0.1) is 0 Å². The molecule has 0 aliphatic carbocycles. The lowest BCUT2D eigenvalue weighted by molar-refractivity contribution is -0.0343. The second-order valence-corrected chi connectivity index (χ2v) is 6.77. The normalized spacial score (nSPS) is 13.7. The lowest BCUT2D eigenvalue weighted by atomic mass is 9.78. The molecule has 1 nitrogen and oxygen atoms in total. The van der Waals surface area contributed by atoms with Crippen LogP contribution >= 0.6 is 0 Å². The van der Waals surface area contributed by atoms with E-state index in [1.165, 1.54) is 70.6 Å². The third-order valence-corrected chi connectivity index (χ3v) is 4.83. The summed E-state index contributed by atoms with van der Waals surface area (Å²) < 4.78 is 0. The van der Waals surface area contributed by atoms with E-state index in [1.54, 1.807) is 0 Å². The molecule has 20 heavy (non-hydrogen) atoms. The van der Waals surface area contributed by atoms with Crippen LogP contribution < -0.4 is 0 Å². The van der Waals surface area contributed by atoms with Crippen LogP contribution in [-0.4, -0.2) is 10.7 Å². The third kappa shape index (κ3) is 9.00. The first-order chi connectivity index (χ1) is 9.60. The van der Waals surface area contributed by atoms with E-state index in [0.29, 0.717) is 5.92 Å². The smallest absolute Gasteiger partial charge is 0.0673 e. The number of aliphatic hydroxyl groups is 1. The number of unbranched alkanes of at least 4 members (excludes halogenated alkanes) is 7. The summed E-state index contributed by atoms with van der Waals surface area (Å²) in [5.74, 6) is 0.465. The van der Waals surface area contributed by atoms with Crippen molar-refractivity contribution in [2.45, 2.75) is 117 Å².